The van der Waals surface area contributed by atoms with Crippen molar-refractivity contribution in [3.05, 3.63) is 45.1 Å². The lowest BCUT2D eigenvalue weighted by Gasteiger charge is -2.07. The molecule has 0 fully saturated rings. The van der Waals surface area contributed by atoms with E-state index in [0.717, 1.165) is 0 Å². The van der Waals surface area contributed by atoms with Gasteiger partial charge in [0, 0.05) is 22.7 Å². The van der Waals surface area contributed by atoms with Crippen molar-refractivity contribution in [1.29, 1.82) is 0 Å². The maximum absolute atomic E-state index is 12.0. The molecule has 0 saturated heterocycles. The Hall–Kier alpha value is -1.85. The van der Waals surface area contributed by atoms with Crippen LogP contribution in [0.1, 0.15) is 27.0 Å². The molecule has 1 heterocycles. The Morgan fingerprint density at radius 3 is 2.65 bits per heavy atom. The van der Waals surface area contributed by atoms with Crippen molar-refractivity contribution < 1.29 is 14.3 Å². The third-order valence-electron chi connectivity index (χ3n) is 2.64. The van der Waals surface area contributed by atoms with Gasteiger partial charge in [-0.05, 0) is 25.1 Å². The number of nitrogens with one attached hydrogen (secondary N) is 1. The molecule has 0 bridgehead atoms. The normalized spacial score (nSPS) is 10.2. The quantitative estimate of drug-likeness (QED) is 0.872. The summed E-state index contributed by atoms with van der Waals surface area (Å²) in [5.41, 5.74) is 1.11. The van der Waals surface area contributed by atoms with E-state index >= 15 is 0 Å². The molecule has 104 valence electrons. The number of carbonyl (C=O) groups is 2. The number of carbonyl (C=O) groups excluding carboxylic acids is 2. The number of anilines is 1. The first-order valence-corrected chi connectivity index (χ1v) is 7.01. The highest BCUT2D eigenvalue weighted by atomic mass is 35.5. The second-order valence-corrected chi connectivity index (χ2v) is 5.38. The van der Waals surface area contributed by atoms with Crippen molar-refractivity contribution in [3.63, 3.8) is 0 Å². The third kappa shape index (κ3) is 3.18. The summed E-state index contributed by atoms with van der Waals surface area (Å²) in [4.78, 5) is 23.7. The van der Waals surface area contributed by atoms with E-state index in [1.807, 2.05) is 0 Å². The minimum atomic E-state index is -0.271. The van der Waals surface area contributed by atoms with Crippen LogP contribution in [0.15, 0.2) is 29.6 Å². The summed E-state index contributed by atoms with van der Waals surface area (Å²) in [5, 5.41) is 4.87. The van der Waals surface area contributed by atoms with E-state index in [1.165, 1.54) is 25.4 Å². The average Bonchev–Trinajstić information content (AvgIpc) is 2.91. The minimum absolute atomic E-state index is 0.0616. The Balaban J connectivity index is 2.16. The number of benzene rings is 1. The van der Waals surface area contributed by atoms with Crippen LogP contribution < -0.4 is 10.1 Å². The number of halogens is 1. The van der Waals surface area contributed by atoms with Crippen molar-refractivity contribution in [1.82, 2.24) is 0 Å². The monoisotopic (exact) mass is 309 g/mol. The van der Waals surface area contributed by atoms with E-state index < -0.39 is 0 Å². The number of ketones is 1. The molecule has 6 heteroatoms. The van der Waals surface area contributed by atoms with Crippen molar-refractivity contribution in [3.8, 4) is 5.75 Å². The Bertz CT molecular complexity index is 666. The zero-order valence-electron chi connectivity index (χ0n) is 10.9. The van der Waals surface area contributed by atoms with Gasteiger partial charge >= 0.3 is 0 Å². The second-order valence-electron chi connectivity index (χ2n) is 4.06. The van der Waals surface area contributed by atoms with Gasteiger partial charge in [0.1, 0.15) is 5.75 Å². The molecule has 1 amide bonds. The third-order valence-corrected chi connectivity index (χ3v) is 3.88. The number of thiophene rings is 1. The maximum Gasteiger partial charge on any atom is 0.265 e. The zero-order chi connectivity index (χ0) is 14.7. The van der Waals surface area contributed by atoms with Gasteiger partial charge in [-0.3, -0.25) is 9.59 Å². The van der Waals surface area contributed by atoms with E-state index in [-0.39, 0.29) is 11.7 Å². The van der Waals surface area contributed by atoms with Crippen LogP contribution in [0.4, 0.5) is 5.69 Å². The molecule has 1 N–H and O–H groups in total. The van der Waals surface area contributed by atoms with Crippen LogP contribution in [-0.4, -0.2) is 18.8 Å². The van der Waals surface area contributed by atoms with Crippen LogP contribution in [-0.2, 0) is 0 Å². The number of ether oxygens (including phenoxy) is 1. The average molecular weight is 310 g/mol. The van der Waals surface area contributed by atoms with E-state index in [9.17, 15) is 9.59 Å². The molecule has 0 saturated carbocycles. The molecule has 0 spiro atoms. The van der Waals surface area contributed by atoms with Gasteiger partial charge in [-0.15, -0.1) is 11.3 Å². The molecule has 1 aromatic carbocycles. The number of amides is 1. The van der Waals surface area contributed by atoms with Crippen LogP contribution >= 0.6 is 22.9 Å². The van der Waals surface area contributed by atoms with Gasteiger partial charge in [0.15, 0.2) is 5.78 Å². The summed E-state index contributed by atoms with van der Waals surface area (Å²) < 4.78 is 5.08. The number of Topliss-reactive ketones (excluding diaryl/α,β-unsaturated/α-hetero) is 1. The van der Waals surface area contributed by atoms with Gasteiger partial charge in [-0.1, -0.05) is 11.6 Å². The molecular weight excluding hydrogens is 298 g/mol. The van der Waals surface area contributed by atoms with Crippen LogP contribution in [0.25, 0.3) is 0 Å². The van der Waals surface area contributed by atoms with E-state index in [0.29, 0.717) is 26.9 Å². The second kappa shape index (κ2) is 6.07. The molecule has 2 rings (SSSR count). The summed E-state index contributed by atoms with van der Waals surface area (Å²) in [7, 11) is 1.51. The van der Waals surface area contributed by atoms with Gasteiger partial charge in [0.2, 0.25) is 0 Å². The van der Waals surface area contributed by atoms with Gasteiger partial charge in [0.05, 0.1) is 17.0 Å². The standard InChI is InChI=1S/C14H12ClNO3S/c1-8(17)9-5-13(20-7-9)14(18)16-10-3-4-11(15)12(6-10)19-2/h3-7H,1-2H3,(H,16,18). The maximum atomic E-state index is 12.0. The van der Waals surface area contributed by atoms with Gasteiger partial charge < -0.3 is 10.1 Å². The lowest BCUT2D eigenvalue weighted by Crippen LogP contribution is -2.10. The predicted octanol–water partition coefficient (Wildman–Crippen LogP) is 3.87. The highest BCUT2D eigenvalue weighted by molar-refractivity contribution is 7.12. The molecule has 2 aromatic rings. The summed E-state index contributed by atoms with van der Waals surface area (Å²) >= 11 is 7.14. The van der Waals surface area contributed by atoms with Crippen molar-refractivity contribution in [2.45, 2.75) is 6.92 Å². The van der Waals surface area contributed by atoms with Crippen molar-refractivity contribution >= 4 is 40.3 Å². The molecule has 4 nitrogen and oxygen atoms in total. The minimum Gasteiger partial charge on any atom is -0.495 e. The van der Waals surface area contributed by atoms with Crippen LogP contribution in [0.2, 0.25) is 5.02 Å². The predicted molar refractivity (Wildman–Crippen MR) is 80.3 cm³/mol. The lowest BCUT2D eigenvalue weighted by atomic mass is 10.2. The van der Waals surface area contributed by atoms with Crippen LogP contribution in [0.3, 0.4) is 0 Å². The Kier molecular flexibility index (Phi) is 4.42. The molecular formula is C14H12ClNO3S. The summed E-state index contributed by atoms with van der Waals surface area (Å²) in [6.07, 6.45) is 0. The molecule has 0 aliphatic carbocycles. The van der Waals surface area contributed by atoms with E-state index in [1.54, 1.807) is 29.6 Å². The Morgan fingerprint density at radius 1 is 1.30 bits per heavy atom. The summed E-state index contributed by atoms with van der Waals surface area (Å²) in [6, 6.07) is 6.54. The van der Waals surface area contributed by atoms with Crippen LogP contribution in [0, 0.1) is 0 Å². The van der Waals surface area contributed by atoms with Gasteiger partial charge in [0.25, 0.3) is 5.91 Å². The molecule has 0 aliphatic heterocycles. The number of hydrogen-bond acceptors (Lipinski definition) is 4. The first kappa shape index (κ1) is 14.6. The smallest absolute Gasteiger partial charge is 0.265 e. The highest BCUT2D eigenvalue weighted by Gasteiger charge is 2.12. The van der Waals surface area contributed by atoms with E-state index in [4.69, 9.17) is 16.3 Å². The topological polar surface area (TPSA) is 55.4 Å². The van der Waals surface area contributed by atoms with Gasteiger partial charge in [-0.25, -0.2) is 0 Å². The fraction of sp³-hybridized carbons (Fsp3) is 0.143. The summed E-state index contributed by atoms with van der Waals surface area (Å²) in [6.45, 7) is 1.47. The zero-order valence-corrected chi connectivity index (χ0v) is 12.5. The first-order chi connectivity index (χ1) is 9.51. The van der Waals surface area contributed by atoms with Gasteiger partial charge in [-0.2, -0.15) is 0 Å². The van der Waals surface area contributed by atoms with Crippen molar-refractivity contribution in [2.75, 3.05) is 12.4 Å². The first-order valence-electron chi connectivity index (χ1n) is 5.75. The van der Waals surface area contributed by atoms with Crippen LogP contribution in [0.5, 0.6) is 5.75 Å². The number of methoxy groups -OCH3 is 1. The molecule has 20 heavy (non-hydrogen) atoms. The molecule has 0 unspecified atom stereocenters. The molecule has 0 aliphatic rings. The largest absolute Gasteiger partial charge is 0.495 e. The fourth-order valence-corrected chi connectivity index (χ4v) is 2.61. The van der Waals surface area contributed by atoms with Crippen molar-refractivity contribution in [2.24, 2.45) is 0 Å². The number of hydrogen-bond donors (Lipinski definition) is 1. The molecule has 0 atom stereocenters. The lowest BCUT2D eigenvalue weighted by molar-refractivity contribution is 0.101. The number of rotatable bonds is 4. The Morgan fingerprint density at radius 2 is 2.05 bits per heavy atom. The molecule has 0 radical (unpaired) electrons. The highest BCUT2D eigenvalue weighted by Crippen LogP contribution is 2.28. The molecule has 1 aromatic heterocycles. The fourth-order valence-electron chi connectivity index (χ4n) is 1.57. The Labute approximate surface area is 125 Å². The van der Waals surface area contributed by atoms with E-state index in [2.05, 4.69) is 5.32 Å². The summed E-state index contributed by atoms with van der Waals surface area (Å²) in [5.74, 6) is 0.153. The SMILES string of the molecule is COc1cc(NC(=O)c2cc(C(C)=O)cs2)ccc1Cl.